The minimum atomic E-state index is -0.365. The van der Waals surface area contributed by atoms with Crippen molar-refractivity contribution in [3.8, 4) is 0 Å². The standard InChI is InChI=1S/C11H11N5O/c1-7-2-3-8(4-14-7)15-11(17)9-5-13-6-10(12)16-9/h2-6H,1H3,(H2,12,16)(H,15,17). The maximum absolute atomic E-state index is 11.8. The molecule has 0 saturated carbocycles. The lowest BCUT2D eigenvalue weighted by molar-refractivity contribution is 0.102. The highest BCUT2D eigenvalue weighted by Crippen LogP contribution is 2.07. The van der Waals surface area contributed by atoms with Gasteiger partial charge in [0.15, 0.2) is 0 Å². The van der Waals surface area contributed by atoms with Crippen LogP contribution in [-0.4, -0.2) is 20.9 Å². The van der Waals surface area contributed by atoms with Gasteiger partial charge in [-0.1, -0.05) is 0 Å². The fourth-order valence-electron chi connectivity index (χ4n) is 1.23. The van der Waals surface area contributed by atoms with Crippen molar-refractivity contribution in [2.45, 2.75) is 6.92 Å². The third kappa shape index (κ3) is 2.75. The molecule has 0 bridgehead atoms. The minimum absolute atomic E-state index is 0.172. The van der Waals surface area contributed by atoms with E-state index in [2.05, 4.69) is 20.3 Å². The number of pyridine rings is 1. The largest absolute Gasteiger partial charge is 0.382 e. The maximum Gasteiger partial charge on any atom is 0.275 e. The molecule has 3 N–H and O–H groups in total. The van der Waals surface area contributed by atoms with Gasteiger partial charge in [0.2, 0.25) is 0 Å². The summed E-state index contributed by atoms with van der Waals surface area (Å²) < 4.78 is 0. The quantitative estimate of drug-likeness (QED) is 0.801. The molecule has 0 unspecified atom stereocenters. The molecule has 0 aromatic carbocycles. The molecule has 1 amide bonds. The highest BCUT2D eigenvalue weighted by molar-refractivity contribution is 6.02. The van der Waals surface area contributed by atoms with Gasteiger partial charge in [-0.15, -0.1) is 0 Å². The monoisotopic (exact) mass is 229 g/mol. The summed E-state index contributed by atoms with van der Waals surface area (Å²) in [6.45, 7) is 1.87. The molecule has 0 aliphatic rings. The topological polar surface area (TPSA) is 93.8 Å². The second-order valence-corrected chi connectivity index (χ2v) is 3.47. The summed E-state index contributed by atoms with van der Waals surface area (Å²) in [5.74, 6) is -0.157. The molecular formula is C11H11N5O. The fraction of sp³-hybridized carbons (Fsp3) is 0.0909. The molecule has 2 rings (SSSR count). The van der Waals surface area contributed by atoms with E-state index in [0.717, 1.165) is 5.69 Å². The van der Waals surface area contributed by atoms with Crippen LogP contribution in [0.1, 0.15) is 16.2 Å². The van der Waals surface area contributed by atoms with Crippen molar-refractivity contribution in [1.29, 1.82) is 0 Å². The van der Waals surface area contributed by atoms with E-state index in [4.69, 9.17) is 5.73 Å². The SMILES string of the molecule is Cc1ccc(NC(=O)c2cncc(N)n2)cn1. The lowest BCUT2D eigenvalue weighted by Gasteiger charge is -2.04. The zero-order chi connectivity index (χ0) is 12.3. The first-order valence-corrected chi connectivity index (χ1v) is 4.96. The zero-order valence-electron chi connectivity index (χ0n) is 9.21. The second kappa shape index (κ2) is 4.56. The van der Waals surface area contributed by atoms with Crippen molar-refractivity contribution in [3.05, 3.63) is 42.1 Å². The Labute approximate surface area is 97.9 Å². The number of nitrogens with two attached hydrogens (primary N) is 1. The molecule has 0 spiro atoms. The third-order valence-electron chi connectivity index (χ3n) is 2.06. The number of hydrogen-bond donors (Lipinski definition) is 2. The van der Waals surface area contributed by atoms with Gasteiger partial charge in [-0.05, 0) is 19.1 Å². The Morgan fingerprint density at radius 2 is 2.12 bits per heavy atom. The van der Waals surface area contributed by atoms with Gasteiger partial charge in [0.1, 0.15) is 11.5 Å². The molecule has 2 aromatic heterocycles. The summed E-state index contributed by atoms with van der Waals surface area (Å²) in [4.78, 5) is 23.5. The van der Waals surface area contributed by atoms with Gasteiger partial charge >= 0.3 is 0 Å². The Morgan fingerprint density at radius 3 is 2.76 bits per heavy atom. The summed E-state index contributed by atoms with van der Waals surface area (Å²) in [6, 6.07) is 3.57. The van der Waals surface area contributed by atoms with E-state index in [1.54, 1.807) is 18.3 Å². The Morgan fingerprint density at radius 1 is 1.29 bits per heavy atom. The summed E-state index contributed by atoms with van der Waals surface area (Å²) in [7, 11) is 0. The minimum Gasteiger partial charge on any atom is -0.382 e. The maximum atomic E-state index is 11.8. The van der Waals surface area contributed by atoms with Gasteiger partial charge in [0.25, 0.3) is 5.91 Å². The summed E-state index contributed by atoms with van der Waals surface area (Å²) >= 11 is 0. The highest BCUT2D eigenvalue weighted by atomic mass is 16.1. The molecular weight excluding hydrogens is 218 g/mol. The summed E-state index contributed by atoms with van der Waals surface area (Å²) in [5, 5.41) is 2.65. The number of nitrogens with zero attached hydrogens (tertiary/aromatic N) is 3. The lowest BCUT2D eigenvalue weighted by atomic mass is 10.3. The number of anilines is 2. The van der Waals surface area contributed by atoms with E-state index in [1.165, 1.54) is 12.4 Å². The zero-order valence-corrected chi connectivity index (χ0v) is 9.21. The Hall–Kier alpha value is -2.50. The van der Waals surface area contributed by atoms with Crippen LogP contribution in [0.5, 0.6) is 0 Å². The van der Waals surface area contributed by atoms with Crippen molar-refractivity contribution in [2.75, 3.05) is 11.1 Å². The molecule has 0 fully saturated rings. The molecule has 0 atom stereocenters. The van der Waals surface area contributed by atoms with E-state index in [9.17, 15) is 4.79 Å². The summed E-state index contributed by atoms with van der Waals surface area (Å²) in [5.41, 5.74) is 7.10. The van der Waals surface area contributed by atoms with Crippen LogP contribution in [0, 0.1) is 6.92 Å². The van der Waals surface area contributed by atoms with Crippen LogP contribution >= 0.6 is 0 Å². The first-order chi connectivity index (χ1) is 8.15. The van der Waals surface area contributed by atoms with Crippen LogP contribution in [0.4, 0.5) is 11.5 Å². The number of nitrogens with one attached hydrogen (secondary N) is 1. The van der Waals surface area contributed by atoms with Gasteiger partial charge in [-0.2, -0.15) is 0 Å². The van der Waals surface area contributed by atoms with Crippen LogP contribution in [0.3, 0.4) is 0 Å². The normalized spacial score (nSPS) is 9.94. The van der Waals surface area contributed by atoms with Gasteiger partial charge < -0.3 is 11.1 Å². The van der Waals surface area contributed by atoms with Crippen molar-refractivity contribution in [1.82, 2.24) is 15.0 Å². The average Bonchev–Trinajstić information content (AvgIpc) is 2.32. The molecule has 2 heterocycles. The molecule has 0 aliphatic carbocycles. The number of aromatic nitrogens is 3. The number of hydrogen-bond acceptors (Lipinski definition) is 5. The average molecular weight is 229 g/mol. The molecule has 0 aliphatic heterocycles. The molecule has 6 nitrogen and oxygen atoms in total. The number of carbonyl (C=O) groups excluding carboxylic acids is 1. The van der Waals surface area contributed by atoms with Gasteiger partial charge in [-0.25, -0.2) is 4.98 Å². The molecule has 6 heteroatoms. The van der Waals surface area contributed by atoms with Crippen LogP contribution in [-0.2, 0) is 0 Å². The number of amides is 1. The van der Waals surface area contributed by atoms with Crippen LogP contribution in [0.2, 0.25) is 0 Å². The highest BCUT2D eigenvalue weighted by Gasteiger charge is 2.08. The van der Waals surface area contributed by atoms with Crippen molar-refractivity contribution >= 4 is 17.4 Å². The smallest absolute Gasteiger partial charge is 0.275 e. The molecule has 17 heavy (non-hydrogen) atoms. The van der Waals surface area contributed by atoms with E-state index >= 15 is 0 Å². The number of aryl methyl sites for hydroxylation is 1. The lowest BCUT2D eigenvalue weighted by Crippen LogP contribution is -2.14. The summed E-state index contributed by atoms with van der Waals surface area (Å²) in [6.07, 6.45) is 4.31. The Kier molecular flexibility index (Phi) is 2.95. The predicted octanol–water partition coefficient (Wildman–Crippen LogP) is 1.01. The number of carbonyl (C=O) groups is 1. The molecule has 0 saturated heterocycles. The molecule has 2 aromatic rings. The van der Waals surface area contributed by atoms with Crippen molar-refractivity contribution < 1.29 is 4.79 Å². The number of nitrogen functional groups attached to an aromatic ring is 1. The fourth-order valence-corrected chi connectivity index (χ4v) is 1.23. The first kappa shape index (κ1) is 11.0. The van der Waals surface area contributed by atoms with E-state index < -0.39 is 0 Å². The van der Waals surface area contributed by atoms with E-state index in [-0.39, 0.29) is 17.4 Å². The number of rotatable bonds is 2. The van der Waals surface area contributed by atoms with Crippen LogP contribution in [0.25, 0.3) is 0 Å². The van der Waals surface area contributed by atoms with Crippen molar-refractivity contribution in [3.63, 3.8) is 0 Å². The van der Waals surface area contributed by atoms with Crippen molar-refractivity contribution in [2.24, 2.45) is 0 Å². The first-order valence-electron chi connectivity index (χ1n) is 4.96. The third-order valence-corrected chi connectivity index (χ3v) is 2.06. The van der Waals surface area contributed by atoms with Gasteiger partial charge in [0.05, 0.1) is 24.3 Å². The molecule has 0 radical (unpaired) electrons. The van der Waals surface area contributed by atoms with Gasteiger partial charge in [-0.3, -0.25) is 14.8 Å². The predicted molar refractivity (Wildman–Crippen MR) is 63.4 cm³/mol. The Balaban J connectivity index is 2.14. The Bertz CT molecular complexity index is 538. The van der Waals surface area contributed by atoms with E-state index in [0.29, 0.717) is 5.69 Å². The van der Waals surface area contributed by atoms with Gasteiger partial charge in [0, 0.05) is 5.69 Å². The van der Waals surface area contributed by atoms with Crippen LogP contribution < -0.4 is 11.1 Å². The van der Waals surface area contributed by atoms with Crippen LogP contribution in [0.15, 0.2) is 30.7 Å². The van der Waals surface area contributed by atoms with E-state index in [1.807, 2.05) is 6.92 Å². The molecule has 86 valence electrons. The second-order valence-electron chi connectivity index (χ2n) is 3.47.